The molecule has 1 saturated heterocycles. The standard InChI is InChI=1S/C9H17NOS2/c1-9(8-12)7-10-3-2-5-13(11)6-4-10/h12H,1-8H2. The molecule has 2 nitrogen and oxygen atoms in total. The maximum Gasteiger partial charge on any atom is 0.0362 e. The summed E-state index contributed by atoms with van der Waals surface area (Å²) in [5.74, 6) is 2.43. The summed E-state index contributed by atoms with van der Waals surface area (Å²) >= 11 is 4.17. The molecule has 1 atom stereocenters. The van der Waals surface area contributed by atoms with Gasteiger partial charge in [0.15, 0.2) is 0 Å². The van der Waals surface area contributed by atoms with E-state index in [0.717, 1.165) is 48.9 Å². The van der Waals surface area contributed by atoms with Crippen LogP contribution in [0.3, 0.4) is 0 Å². The van der Waals surface area contributed by atoms with E-state index in [-0.39, 0.29) is 0 Å². The lowest BCUT2D eigenvalue weighted by Gasteiger charge is -2.19. The number of hydrogen-bond donors (Lipinski definition) is 1. The van der Waals surface area contributed by atoms with Crippen molar-refractivity contribution in [3.63, 3.8) is 0 Å². The molecule has 0 bridgehead atoms. The van der Waals surface area contributed by atoms with Crippen LogP contribution in [0.2, 0.25) is 0 Å². The van der Waals surface area contributed by atoms with Gasteiger partial charge in [-0.1, -0.05) is 12.2 Å². The first-order valence-electron chi connectivity index (χ1n) is 4.57. The molecule has 4 heteroatoms. The molecule has 1 aliphatic heterocycles. The van der Waals surface area contributed by atoms with Crippen molar-refractivity contribution in [3.05, 3.63) is 12.2 Å². The van der Waals surface area contributed by atoms with Crippen molar-refractivity contribution in [2.24, 2.45) is 0 Å². The van der Waals surface area contributed by atoms with Crippen LogP contribution in [0.1, 0.15) is 6.42 Å². The molecule has 1 rings (SSSR count). The van der Waals surface area contributed by atoms with Crippen molar-refractivity contribution in [1.29, 1.82) is 0 Å². The average Bonchev–Trinajstić information content (AvgIpc) is 2.31. The van der Waals surface area contributed by atoms with Crippen LogP contribution in [0.5, 0.6) is 0 Å². The summed E-state index contributed by atoms with van der Waals surface area (Å²) in [4.78, 5) is 2.32. The summed E-state index contributed by atoms with van der Waals surface area (Å²) in [7, 11) is -0.585. The molecule has 0 amide bonds. The van der Waals surface area contributed by atoms with E-state index in [1.807, 2.05) is 0 Å². The van der Waals surface area contributed by atoms with Crippen LogP contribution < -0.4 is 0 Å². The molecule has 0 aromatic carbocycles. The molecule has 76 valence electrons. The van der Waals surface area contributed by atoms with E-state index in [4.69, 9.17) is 0 Å². The largest absolute Gasteiger partial charge is 0.298 e. The van der Waals surface area contributed by atoms with Gasteiger partial charge in [-0.3, -0.25) is 9.11 Å². The van der Waals surface area contributed by atoms with Crippen molar-refractivity contribution in [3.8, 4) is 0 Å². The van der Waals surface area contributed by atoms with Gasteiger partial charge in [0.2, 0.25) is 0 Å². The topological polar surface area (TPSA) is 20.3 Å². The molecule has 1 fully saturated rings. The molecule has 13 heavy (non-hydrogen) atoms. The Kier molecular flexibility index (Phi) is 5.06. The van der Waals surface area contributed by atoms with Gasteiger partial charge in [0, 0.05) is 41.1 Å². The molecular weight excluding hydrogens is 202 g/mol. The minimum absolute atomic E-state index is 0.585. The fraction of sp³-hybridized carbons (Fsp3) is 0.778. The van der Waals surface area contributed by atoms with E-state index in [1.165, 1.54) is 0 Å². The first kappa shape index (κ1) is 11.3. The Morgan fingerprint density at radius 1 is 1.46 bits per heavy atom. The predicted molar refractivity (Wildman–Crippen MR) is 61.9 cm³/mol. The van der Waals surface area contributed by atoms with Crippen LogP contribution in [0.15, 0.2) is 12.2 Å². The Bertz CT molecular complexity index is 206. The monoisotopic (exact) mass is 219 g/mol. The Morgan fingerprint density at radius 2 is 2.23 bits per heavy atom. The third kappa shape index (κ3) is 4.29. The summed E-state index contributed by atoms with van der Waals surface area (Å²) in [5.41, 5.74) is 1.15. The van der Waals surface area contributed by atoms with E-state index in [0.29, 0.717) is 0 Å². The number of nitrogens with zero attached hydrogens (tertiary/aromatic N) is 1. The number of rotatable bonds is 3. The SMILES string of the molecule is C=C(CS)CN1CCCS(=O)CC1. The van der Waals surface area contributed by atoms with E-state index >= 15 is 0 Å². The van der Waals surface area contributed by atoms with Gasteiger partial charge in [-0.05, 0) is 13.0 Å². The van der Waals surface area contributed by atoms with Crippen molar-refractivity contribution in [2.75, 3.05) is 36.9 Å². The molecule has 0 radical (unpaired) electrons. The number of thiol groups is 1. The molecule has 0 aliphatic carbocycles. The zero-order valence-electron chi connectivity index (χ0n) is 7.87. The summed E-state index contributed by atoms with van der Waals surface area (Å²) in [6, 6.07) is 0. The van der Waals surface area contributed by atoms with Crippen LogP contribution in [0.4, 0.5) is 0 Å². The maximum atomic E-state index is 11.2. The minimum atomic E-state index is -0.585. The molecule has 0 N–H and O–H groups in total. The van der Waals surface area contributed by atoms with Crippen LogP contribution in [-0.2, 0) is 10.8 Å². The van der Waals surface area contributed by atoms with Gasteiger partial charge in [-0.2, -0.15) is 12.6 Å². The van der Waals surface area contributed by atoms with Gasteiger partial charge in [0.25, 0.3) is 0 Å². The van der Waals surface area contributed by atoms with Crippen molar-refractivity contribution < 1.29 is 4.21 Å². The second kappa shape index (κ2) is 5.83. The summed E-state index contributed by atoms with van der Waals surface area (Å²) in [5, 5.41) is 0. The molecule has 1 unspecified atom stereocenters. The summed E-state index contributed by atoms with van der Waals surface area (Å²) in [6.45, 7) is 6.84. The first-order chi connectivity index (χ1) is 6.22. The molecule has 0 aromatic rings. The van der Waals surface area contributed by atoms with Gasteiger partial charge < -0.3 is 0 Å². The highest BCUT2D eigenvalue weighted by molar-refractivity contribution is 7.85. The van der Waals surface area contributed by atoms with Gasteiger partial charge in [-0.25, -0.2) is 0 Å². The molecule has 0 saturated carbocycles. The van der Waals surface area contributed by atoms with Crippen LogP contribution in [0.25, 0.3) is 0 Å². The second-order valence-corrected chi connectivity index (χ2v) is 5.40. The van der Waals surface area contributed by atoms with Crippen molar-refractivity contribution >= 4 is 23.4 Å². The summed E-state index contributed by atoms with van der Waals surface area (Å²) < 4.78 is 11.2. The quantitative estimate of drug-likeness (QED) is 0.563. The molecular formula is C9H17NOS2. The smallest absolute Gasteiger partial charge is 0.0362 e. The lowest BCUT2D eigenvalue weighted by Crippen LogP contribution is -2.28. The van der Waals surface area contributed by atoms with Gasteiger partial charge >= 0.3 is 0 Å². The second-order valence-electron chi connectivity index (χ2n) is 3.39. The molecule has 0 aromatic heterocycles. The Hall–Kier alpha value is 0.200. The average molecular weight is 219 g/mol. The van der Waals surface area contributed by atoms with E-state index in [2.05, 4.69) is 24.1 Å². The zero-order chi connectivity index (χ0) is 9.68. The van der Waals surface area contributed by atoms with Gasteiger partial charge in [0.1, 0.15) is 0 Å². The van der Waals surface area contributed by atoms with Crippen LogP contribution in [0, 0.1) is 0 Å². The van der Waals surface area contributed by atoms with Gasteiger partial charge in [0.05, 0.1) is 0 Å². The van der Waals surface area contributed by atoms with Crippen LogP contribution >= 0.6 is 12.6 Å². The van der Waals surface area contributed by atoms with Crippen LogP contribution in [-0.4, -0.2) is 46.0 Å². The maximum absolute atomic E-state index is 11.2. The fourth-order valence-corrected chi connectivity index (χ4v) is 2.64. The third-order valence-electron chi connectivity index (χ3n) is 2.15. The Balaban J connectivity index is 2.33. The Morgan fingerprint density at radius 3 is 2.92 bits per heavy atom. The van der Waals surface area contributed by atoms with E-state index in [1.54, 1.807) is 0 Å². The highest BCUT2D eigenvalue weighted by Crippen LogP contribution is 2.05. The first-order valence-corrected chi connectivity index (χ1v) is 6.69. The third-order valence-corrected chi connectivity index (χ3v) is 3.98. The normalized spacial score (nSPS) is 25.5. The fourth-order valence-electron chi connectivity index (χ4n) is 1.42. The minimum Gasteiger partial charge on any atom is -0.298 e. The van der Waals surface area contributed by atoms with E-state index < -0.39 is 10.8 Å². The lowest BCUT2D eigenvalue weighted by atomic mass is 10.3. The molecule has 1 aliphatic rings. The van der Waals surface area contributed by atoms with Crippen molar-refractivity contribution in [2.45, 2.75) is 6.42 Å². The predicted octanol–water partition coefficient (Wildman–Crippen LogP) is 0.927. The van der Waals surface area contributed by atoms with Crippen molar-refractivity contribution in [1.82, 2.24) is 4.90 Å². The number of hydrogen-bond acceptors (Lipinski definition) is 3. The molecule has 0 spiro atoms. The highest BCUT2D eigenvalue weighted by atomic mass is 32.2. The lowest BCUT2D eigenvalue weighted by molar-refractivity contribution is 0.321. The highest BCUT2D eigenvalue weighted by Gasteiger charge is 2.12. The molecule has 1 heterocycles. The zero-order valence-corrected chi connectivity index (χ0v) is 9.58. The van der Waals surface area contributed by atoms with Gasteiger partial charge in [-0.15, -0.1) is 0 Å². The summed E-state index contributed by atoms with van der Waals surface area (Å²) in [6.07, 6.45) is 1.05. The van der Waals surface area contributed by atoms with E-state index in [9.17, 15) is 4.21 Å². The Labute approximate surface area is 88.3 Å².